The van der Waals surface area contributed by atoms with Crippen molar-refractivity contribution in [1.29, 1.82) is 0 Å². The quantitative estimate of drug-likeness (QED) is 0.865. The minimum Gasteiger partial charge on any atom is -0.545 e. The first kappa shape index (κ1) is 14.7. The molecule has 0 radical (unpaired) electrons. The minimum absolute atomic E-state index is 0.0808. The Morgan fingerprint density at radius 1 is 1.00 bits per heavy atom. The number of carbonyl (C=O) groups is 2. The number of amides is 1. The zero-order chi connectivity index (χ0) is 14.7. The Kier molecular flexibility index (Phi) is 4.57. The molecule has 0 fully saturated rings. The third-order valence-corrected chi connectivity index (χ3v) is 3.52. The maximum atomic E-state index is 12.1. The minimum atomic E-state index is -1.35. The van der Waals surface area contributed by atoms with E-state index in [1.54, 1.807) is 30.3 Å². The van der Waals surface area contributed by atoms with Gasteiger partial charge in [0.05, 0.1) is 11.7 Å². The first-order valence-electron chi connectivity index (χ1n) is 5.55. The highest BCUT2D eigenvalue weighted by atomic mass is 79.9. The number of carbonyl (C=O) groups excluding carboxylic acids is 2. The van der Waals surface area contributed by atoms with E-state index in [1.165, 1.54) is 12.1 Å². The van der Waals surface area contributed by atoms with Crippen molar-refractivity contribution in [2.45, 2.75) is 0 Å². The number of nitrogens with one attached hydrogen (secondary N) is 1. The Bertz CT molecular complexity index is 686. The van der Waals surface area contributed by atoms with E-state index in [-0.39, 0.29) is 11.3 Å². The largest absolute Gasteiger partial charge is 0.545 e. The zero-order valence-corrected chi connectivity index (χ0v) is 13.2. The molecule has 4 nitrogen and oxygen atoms in total. The van der Waals surface area contributed by atoms with E-state index in [2.05, 4.69) is 37.2 Å². The van der Waals surface area contributed by atoms with Crippen LogP contribution in [-0.4, -0.2) is 11.9 Å². The Balaban J connectivity index is 2.30. The molecule has 0 aliphatic rings. The van der Waals surface area contributed by atoms with Crippen molar-refractivity contribution in [3.05, 3.63) is 62.5 Å². The molecule has 0 aliphatic heterocycles. The molecule has 0 unspecified atom stereocenters. The summed E-state index contributed by atoms with van der Waals surface area (Å²) in [4.78, 5) is 23.1. The molecule has 2 rings (SSSR count). The molecule has 1 N–H and O–H groups in total. The zero-order valence-electron chi connectivity index (χ0n) is 10.0. The molecule has 0 spiro atoms. The summed E-state index contributed by atoms with van der Waals surface area (Å²) in [6, 6.07) is 11.3. The standard InChI is InChI=1S/C14H9Br2NO3/c15-9-3-1-2-8(6-9)13(18)17-12-5-4-10(16)7-11(12)14(19)20/h1-7H,(H,17,18)(H,19,20)/p-1. The topological polar surface area (TPSA) is 69.2 Å². The summed E-state index contributed by atoms with van der Waals surface area (Å²) in [5.41, 5.74) is 0.535. The molecule has 0 saturated carbocycles. The highest BCUT2D eigenvalue weighted by Crippen LogP contribution is 2.21. The molecule has 2 aromatic rings. The molecule has 0 heterocycles. The van der Waals surface area contributed by atoms with Gasteiger partial charge in [-0.15, -0.1) is 0 Å². The fourth-order valence-electron chi connectivity index (χ4n) is 1.62. The maximum absolute atomic E-state index is 12.1. The number of hydrogen-bond donors (Lipinski definition) is 1. The Morgan fingerprint density at radius 2 is 1.70 bits per heavy atom. The molecule has 20 heavy (non-hydrogen) atoms. The third kappa shape index (κ3) is 3.46. The lowest BCUT2D eigenvalue weighted by atomic mass is 10.1. The number of anilines is 1. The van der Waals surface area contributed by atoms with Gasteiger partial charge in [0.2, 0.25) is 0 Å². The first-order valence-corrected chi connectivity index (χ1v) is 7.14. The molecule has 0 saturated heterocycles. The highest BCUT2D eigenvalue weighted by Gasteiger charge is 2.10. The van der Waals surface area contributed by atoms with Crippen LogP contribution in [0.3, 0.4) is 0 Å². The lowest BCUT2D eigenvalue weighted by Gasteiger charge is -2.12. The van der Waals surface area contributed by atoms with Crippen molar-refractivity contribution in [2.24, 2.45) is 0 Å². The summed E-state index contributed by atoms with van der Waals surface area (Å²) in [7, 11) is 0. The van der Waals surface area contributed by atoms with Crippen LogP contribution in [0.4, 0.5) is 5.69 Å². The van der Waals surface area contributed by atoms with Crippen molar-refractivity contribution >= 4 is 49.4 Å². The van der Waals surface area contributed by atoms with Crippen molar-refractivity contribution < 1.29 is 14.7 Å². The normalized spacial score (nSPS) is 10.1. The van der Waals surface area contributed by atoms with Crippen LogP contribution in [0, 0.1) is 0 Å². The Morgan fingerprint density at radius 3 is 2.35 bits per heavy atom. The SMILES string of the molecule is O=C(Nc1ccc(Br)cc1C(=O)[O-])c1cccc(Br)c1. The summed E-state index contributed by atoms with van der Waals surface area (Å²) >= 11 is 6.45. The van der Waals surface area contributed by atoms with Gasteiger partial charge in [0.15, 0.2) is 0 Å². The number of carboxylic acid groups (broad SMARTS) is 1. The van der Waals surface area contributed by atoms with Gasteiger partial charge in [0.25, 0.3) is 5.91 Å². The monoisotopic (exact) mass is 396 g/mol. The van der Waals surface area contributed by atoms with E-state index in [1.807, 2.05) is 0 Å². The van der Waals surface area contributed by atoms with Crippen molar-refractivity contribution in [2.75, 3.05) is 5.32 Å². The van der Waals surface area contributed by atoms with Crippen molar-refractivity contribution in [3.8, 4) is 0 Å². The van der Waals surface area contributed by atoms with Gasteiger partial charge < -0.3 is 15.2 Å². The molecule has 2 aromatic carbocycles. The second-order valence-electron chi connectivity index (χ2n) is 3.94. The molecular weight excluding hydrogens is 390 g/mol. The number of halogens is 2. The summed E-state index contributed by atoms with van der Waals surface area (Å²) < 4.78 is 1.36. The van der Waals surface area contributed by atoms with E-state index >= 15 is 0 Å². The fourth-order valence-corrected chi connectivity index (χ4v) is 2.38. The van der Waals surface area contributed by atoms with E-state index < -0.39 is 11.9 Å². The fraction of sp³-hybridized carbons (Fsp3) is 0. The van der Waals surface area contributed by atoms with E-state index in [9.17, 15) is 14.7 Å². The van der Waals surface area contributed by atoms with Gasteiger partial charge in [-0.2, -0.15) is 0 Å². The van der Waals surface area contributed by atoms with Crippen molar-refractivity contribution in [1.82, 2.24) is 0 Å². The smallest absolute Gasteiger partial charge is 0.255 e. The summed E-state index contributed by atoms with van der Waals surface area (Å²) in [5, 5.41) is 13.6. The predicted molar refractivity (Wildman–Crippen MR) is 80.6 cm³/mol. The molecule has 0 aromatic heterocycles. The molecule has 0 bridgehead atoms. The van der Waals surface area contributed by atoms with E-state index in [0.29, 0.717) is 10.0 Å². The van der Waals surface area contributed by atoms with Crippen LogP contribution in [0.15, 0.2) is 51.4 Å². The Labute approximate surface area is 132 Å². The van der Waals surface area contributed by atoms with Gasteiger partial charge in [-0.05, 0) is 36.4 Å². The maximum Gasteiger partial charge on any atom is 0.255 e. The van der Waals surface area contributed by atoms with Crippen LogP contribution < -0.4 is 10.4 Å². The van der Waals surface area contributed by atoms with Gasteiger partial charge in [0, 0.05) is 20.1 Å². The van der Waals surface area contributed by atoms with Crippen LogP contribution in [0.25, 0.3) is 0 Å². The molecule has 0 aliphatic carbocycles. The highest BCUT2D eigenvalue weighted by molar-refractivity contribution is 9.10. The number of hydrogen-bond acceptors (Lipinski definition) is 3. The molecule has 102 valence electrons. The van der Waals surface area contributed by atoms with Gasteiger partial charge in [-0.25, -0.2) is 0 Å². The van der Waals surface area contributed by atoms with E-state index in [0.717, 1.165) is 4.47 Å². The predicted octanol–water partition coefficient (Wildman–Crippen LogP) is 2.83. The van der Waals surface area contributed by atoms with Crippen LogP contribution in [0.2, 0.25) is 0 Å². The average molecular weight is 398 g/mol. The lowest BCUT2D eigenvalue weighted by Crippen LogP contribution is -2.25. The molecule has 0 atom stereocenters. The number of carboxylic acids is 1. The molecule has 1 amide bonds. The lowest BCUT2D eigenvalue weighted by molar-refractivity contribution is -0.254. The van der Waals surface area contributed by atoms with Crippen molar-refractivity contribution in [3.63, 3.8) is 0 Å². The molecular formula is C14H8Br2NO3-. The van der Waals surface area contributed by atoms with Gasteiger partial charge in [0.1, 0.15) is 0 Å². The average Bonchev–Trinajstić information content (AvgIpc) is 2.40. The van der Waals surface area contributed by atoms with Gasteiger partial charge in [-0.3, -0.25) is 4.79 Å². The number of aromatic carboxylic acids is 1. The van der Waals surface area contributed by atoms with Crippen LogP contribution in [0.5, 0.6) is 0 Å². The van der Waals surface area contributed by atoms with Crippen LogP contribution >= 0.6 is 31.9 Å². The summed E-state index contributed by atoms with van der Waals surface area (Å²) in [6.07, 6.45) is 0. The van der Waals surface area contributed by atoms with Gasteiger partial charge >= 0.3 is 0 Å². The Hall–Kier alpha value is -1.66. The second kappa shape index (κ2) is 6.19. The third-order valence-electron chi connectivity index (χ3n) is 2.54. The van der Waals surface area contributed by atoms with Crippen LogP contribution in [-0.2, 0) is 0 Å². The van der Waals surface area contributed by atoms with Gasteiger partial charge in [-0.1, -0.05) is 37.9 Å². The summed E-state index contributed by atoms with van der Waals surface area (Å²) in [6.45, 7) is 0. The van der Waals surface area contributed by atoms with E-state index in [4.69, 9.17) is 0 Å². The van der Waals surface area contributed by atoms with Crippen LogP contribution in [0.1, 0.15) is 20.7 Å². The summed E-state index contributed by atoms with van der Waals surface area (Å²) in [5.74, 6) is -1.74. The number of rotatable bonds is 3. The molecule has 6 heteroatoms. The second-order valence-corrected chi connectivity index (χ2v) is 5.77. The number of benzene rings is 2. The first-order chi connectivity index (χ1) is 9.47.